The van der Waals surface area contributed by atoms with Gasteiger partial charge in [0.1, 0.15) is 11.9 Å². The van der Waals surface area contributed by atoms with Crippen molar-refractivity contribution in [2.75, 3.05) is 18.0 Å². The molecule has 0 N–H and O–H groups in total. The SMILES string of the molecule is CCCCCCN1CC(C)Oc2ccc(C(C)=O)cc21. The fourth-order valence-electron chi connectivity index (χ4n) is 2.69. The summed E-state index contributed by atoms with van der Waals surface area (Å²) in [6.07, 6.45) is 5.22. The molecule has 1 heterocycles. The van der Waals surface area contributed by atoms with Gasteiger partial charge < -0.3 is 9.64 Å². The number of Topliss-reactive ketones (excluding diaryl/α,β-unsaturated/α-hetero) is 1. The van der Waals surface area contributed by atoms with E-state index in [1.807, 2.05) is 18.2 Å². The molecule has 0 saturated heterocycles. The maximum Gasteiger partial charge on any atom is 0.159 e. The van der Waals surface area contributed by atoms with Crippen LogP contribution in [-0.4, -0.2) is 25.0 Å². The third-order valence-electron chi connectivity index (χ3n) is 3.79. The van der Waals surface area contributed by atoms with Crippen LogP contribution >= 0.6 is 0 Å². The zero-order chi connectivity index (χ0) is 14.5. The number of carbonyl (C=O) groups is 1. The van der Waals surface area contributed by atoms with Crippen LogP contribution in [0.4, 0.5) is 5.69 Å². The first-order valence-electron chi connectivity index (χ1n) is 7.68. The highest BCUT2D eigenvalue weighted by molar-refractivity contribution is 5.95. The van der Waals surface area contributed by atoms with Gasteiger partial charge in [-0.2, -0.15) is 0 Å². The normalized spacial score (nSPS) is 17.6. The van der Waals surface area contributed by atoms with Gasteiger partial charge in [0.15, 0.2) is 5.78 Å². The summed E-state index contributed by atoms with van der Waals surface area (Å²) in [6, 6.07) is 5.76. The van der Waals surface area contributed by atoms with Crippen molar-refractivity contribution in [1.29, 1.82) is 0 Å². The Balaban J connectivity index is 2.14. The largest absolute Gasteiger partial charge is 0.487 e. The molecule has 0 amide bonds. The molecule has 0 radical (unpaired) electrons. The number of hydrogen-bond acceptors (Lipinski definition) is 3. The molecule has 0 aliphatic carbocycles. The Kier molecular flexibility index (Phi) is 5.05. The predicted octanol–water partition coefficient (Wildman–Crippen LogP) is 4.06. The number of rotatable bonds is 6. The number of nitrogens with zero attached hydrogens (tertiary/aromatic N) is 1. The van der Waals surface area contributed by atoms with Gasteiger partial charge in [-0.05, 0) is 38.5 Å². The van der Waals surface area contributed by atoms with Crippen LogP contribution in [0.5, 0.6) is 5.75 Å². The molecule has 1 aromatic carbocycles. The van der Waals surface area contributed by atoms with Crippen molar-refractivity contribution in [2.24, 2.45) is 0 Å². The second-order valence-corrected chi connectivity index (χ2v) is 5.67. The lowest BCUT2D eigenvalue weighted by Gasteiger charge is -2.35. The summed E-state index contributed by atoms with van der Waals surface area (Å²) in [5.41, 5.74) is 1.84. The number of hydrogen-bond donors (Lipinski definition) is 0. The van der Waals surface area contributed by atoms with Crippen LogP contribution in [0.1, 0.15) is 56.8 Å². The number of anilines is 1. The van der Waals surface area contributed by atoms with Gasteiger partial charge in [0.25, 0.3) is 0 Å². The van der Waals surface area contributed by atoms with Crippen molar-refractivity contribution in [3.8, 4) is 5.75 Å². The maximum absolute atomic E-state index is 11.5. The molecule has 1 aliphatic heterocycles. The summed E-state index contributed by atoms with van der Waals surface area (Å²) in [7, 11) is 0. The molecular weight excluding hydrogens is 250 g/mol. The van der Waals surface area contributed by atoms with Crippen LogP contribution in [0.25, 0.3) is 0 Å². The minimum absolute atomic E-state index is 0.109. The van der Waals surface area contributed by atoms with Gasteiger partial charge in [0, 0.05) is 12.1 Å². The van der Waals surface area contributed by atoms with Gasteiger partial charge in [0.05, 0.1) is 12.2 Å². The highest BCUT2D eigenvalue weighted by Crippen LogP contribution is 2.34. The smallest absolute Gasteiger partial charge is 0.159 e. The third-order valence-corrected chi connectivity index (χ3v) is 3.79. The van der Waals surface area contributed by atoms with Crippen LogP contribution in [0, 0.1) is 0 Å². The standard InChI is InChI=1S/C17H25NO2/c1-4-5-6-7-10-18-12-13(2)20-17-9-8-15(14(3)19)11-16(17)18/h8-9,11,13H,4-7,10,12H2,1-3H3. The molecule has 1 unspecified atom stereocenters. The minimum Gasteiger partial charge on any atom is -0.487 e. The molecular formula is C17H25NO2. The molecule has 1 aromatic rings. The highest BCUT2D eigenvalue weighted by atomic mass is 16.5. The molecule has 0 aromatic heterocycles. The summed E-state index contributed by atoms with van der Waals surface area (Å²) in [5.74, 6) is 1.02. The van der Waals surface area contributed by atoms with Crippen molar-refractivity contribution < 1.29 is 9.53 Å². The fourth-order valence-corrected chi connectivity index (χ4v) is 2.69. The molecule has 2 rings (SSSR count). The number of benzene rings is 1. The van der Waals surface area contributed by atoms with Crippen molar-refractivity contribution in [1.82, 2.24) is 0 Å². The fraction of sp³-hybridized carbons (Fsp3) is 0.588. The van der Waals surface area contributed by atoms with Gasteiger partial charge in [0.2, 0.25) is 0 Å². The number of ether oxygens (including phenoxy) is 1. The second kappa shape index (κ2) is 6.78. The Morgan fingerprint density at radius 2 is 2.15 bits per heavy atom. The van der Waals surface area contributed by atoms with Gasteiger partial charge in [-0.25, -0.2) is 0 Å². The quantitative estimate of drug-likeness (QED) is 0.579. The average molecular weight is 275 g/mol. The van der Waals surface area contributed by atoms with E-state index < -0.39 is 0 Å². The van der Waals surface area contributed by atoms with E-state index >= 15 is 0 Å². The minimum atomic E-state index is 0.109. The molecule has 1 aliphatic rings. The molecule has 0 bridgehead atoms. The zero-order valence-electron chi connectivity index (χ0n) is 12.8. The van der Waals surface area contributed by atoms with Crippen LogP contribution < -0.4 is 9.64 Å². The Bertz CT molecular complexity index is 470. The van der Waals surface area contributed by atoms with E-state index in [4.69, 9.17) is 4.74 Å². The third kappa shape index (κ3) is 3.53. The van der Waals surface area contributed by atoms with Crippen LogP contribution in [0.2, 0.25) is 0 Å². The van der Waals surface area contributed by atoms with Gasteiger partial charge in [-0.3, -0.25) is 4.79 Å². The summed E-state index contributed by atoms with van der Waals surface area (Å²) in [4.78, 5) is 13.9. The van der Waals surface area contributed by atoms with Crippen molar-refractivity contribution in [2.45, 2.75) is 52.6 Å². The zero-order valence-corrected chi connectivity index (χ0v) is 12.8. The number of unbranched alkanes of at least 4 members (excludes halogenated alkanes) is 3. The first-order valence-corrected chi connectivity index (χ1v) is 7.68. The Morgan fingerprint density at radius 3 is 2.85 bits per heavy atom. The Labute approximate surface area is 121 Å². The molecule has 0 fully saturated rings. The van der Waals surface area contributed by atoms with Gasteiger partial charge in [-0.1, -0.05) is 26.2 Å². The molecule has 1 atom stereocenters. The van der Waals surface area contributed by atoms with E-state index in [-0.39, 0.29) is 11.9 Å². The molecule has 20 heavy (non-hydrogen) atoms. The van der Waals surface area contributed by atoms with Crippen molar-refractivity contribution in [3.63, 3.8) is 0 Å². The van der Waals surface area contributed by atoms with E-state index in [9.17, 15) is 4.79 Å². The van der Waals surface area contributed by atoms with E-state index in [2.05, 4.69) is 18.7 Å². The second-order valence-electron chi connectivity index (χ2n) is 5.67. The van der Waals surface area contributed by atoms with Crippen LogP contribution in [0.15, 0.2) is 18.2 Å². The Hall–Kier alpha value is -1.51. The number of carbonyl (C=O) groups excluding carboxylic acids is 1. The van der Waals surface area contributed by atoms with E-state index in [1.54, 1.807) is 6.92 Å². The topological polar surface area (TPSA) is 29.5 Å². The molecule has 3 heteroatoms. The summed E-state index contributed by atoms with van der Waals surface area (Å²) >= 11 is 0. The van der Waals surface area contributed by atoms with Gasteiger partial charge in [-0.15, -0.1) is 0 Å². The highest BCUT2D eigenvalue weighted by Gasteiger charge is 2.23. The summed E-state index contributed by atoms with van der Waals surface area (Å²) < 4.78 is 5.87. The lowest BCUT2D eigenvalue weighted by atomic mass is 10.1. The molecule has 0 spiro atoms. The van der Waals surface area contributed by atoms with Crippen molar-refractivity contribution >= 4 is 11.5 Å². The predicted molar refractivity (Wildman–Crippen MR) is 82.9 cm³/mol. The average Bonchev–Trinajstić information content (AvgIpc) is 2.42. The first kappa shape index (κ1) is 14.9. The maximum atomic E-state index is 11.5. The molecule has 0 saturated carbocycles. The summed E-state index contributed by atoms with van der Waals surface area (Å²) in [6.45, 7) is 7.88. The van der Waals surface area contributed by atoms with E-state index in [0.717, 1.165) is 30.1 Å². The first-order chi connectivity index (χ1) is 9.61. The number of fused-ring (bicyclic) bond motifs is 1. The Morgan fingerprint density at radius 1 is 1.35 bits per heavy atom. The van der Waals surface area contributed by atoms with Crippen molar-refractivity contribution in [3.05, 3.63) is 23.8 Å². The monoisotopic (exact) mass is 275 g/mol. The molecule has 3 nitrogen and oxygen atoms in total. The summed E-state index contributed by atoms with van der Waals surface area (Å²) in [5, 5.41) is 0. The van der Waals surface area contributed by atoms with E-state index in [1.165, 1.54) is 25.7 Å². The molecule has 110 valence electrons. The van der Waals surface area contributed by atoms with E-state index in [0.29, 0.717) is 0 Å². The number of ketones is 1. The lowest BCUT2D eigenvalue weighted by molar-refractivity contribution is 0.101. The van der Waals surface area contributed by atoms with Crippen LogP contribution in [-0.2, 0) is 0 Å². The van der Waals surface area contributed by atoms with Crippen LogP contribution in [0.3, 0.4) is 0 Å². The lowest BCUT2D eigenvalue weighted by Crippen LogP contribution is -2.39. The van der Waals surface area contributed by atoms with Gasteiger partial charge >= 0.3 is 0 Å².